The van der Waals surface area contributed by atoms with E-state index in [0.717, 1.165) is 25.7 Å². The smallest absolute Gasteiger partial charge is 0.305 e. The molecule has 1 aliphatic heterocycles. The molecule has 118 valence electrons. The molecule has 2 amide bonds. The Morgan fingerprint density at radius 3 is 2.33 bits per heavy atom. The maximum atomic E-state index is 12.8. The first-order valence-corrected chi connectivity index (χ1v) is 7.73. The summed E-state index contributed by atoms with van der Waals surface area (Å²) in [5.41, 5.74) is -0.655. The van der Waals surface area contributed by atoms with Gasteiger partial charge in [-0.3, -0.25) is 19.3 Å². The third kappa shape index (κ3) is 3.27. The lowest BCUT2D eigenvalue weighted by molar-refractivity contribution is -0.147. The molecule has 1 saturated carbocycles. The average Bonchev–Trinajstić information content (AvgIpc) is 2.83. The number of likely N-dealkylation sites (tertiary alicyclic amines) is 1. The second kappa shape index (κ2) is 5.43. The molecule has 5 nitrogen and oxygen atoms in total. The molecule has 5 heteroatoms. The Morgan fingerprint density at radius 1 is 1.29 bits per heavy atom. The van der Waals surface area contributed by atoms with Crippen molar-refractivity contribution in [2.24, 2.45) is 10.8 Å². The zero-order valence-corrected chi connectivity index (χ0v) is 13.1. The third-order valence-corrected chi connectivity index (χ3v) is 4.61. The topological polar surface area (TPSA) is 74.7 Å². The van der Waals surface area contributed by atoms with E-state index in [1.165, 1.54) is 4.90 Å². The number of carboxylic acid groups (broad SMARTS) is 1. The highest BCUT2D eigenvalue weighted by molar-refractivity contribution is 6.06. The minimum absolute atomic E-state index is 0.125. The van der Waals surface area contributed by atoms with Crippen molar-refractivity contribution in [1.82, 2.24) is 4.90 Å². The van der Waals surface area contributed by atoms with Crippen LogP contribution in [0.1, 0.15) is 65.7 Å². The van der Waals surface area contributed by atoms with E-state index < -0.39 is 17.4 Å². The lowest BCUT2D eigenvalue weighted by Gasteiger charge is -2.32. The summed E-state index contributed by atoms with van der Waals surface area (Å²) in [5.74, 6) is -1.27. The van der Waals surface area contributed by atoms with Crippen LogP contribution < -0.4 is 0 Å². The van der Waals surface area contributed by atoms with E-state index in [1.807, 2.05) is 20.8 Å². The Kier molecular flexibility index (Phi) is 4.13. The van der Waals surface area contributed by atoms with Crippen molar-refractivity contribution in [1.29, 1.82) is 0 Å². The van der Waals surface area contributed by atoms with Crippen LogP contribution in [0.25, 0.3) is 0 Å². The number of hydrogen-bond acceptors (Lipinski definition) is 3. The molecule has 1 heterocycles. The van der Waals surface area contributed by atoms with Gasteiger partial charge in [0.15, 0.2) is 0 Å². The highest BCUT2D eigenvalue weighted by Gasteiger charge is 2.54. The average molecular weight is 295 g/mol. The molecule has 0 aromatic rings. The molecular formula is C16H25NO4. The SMILES string of the molecule is CC(C)(C)CC(CC(=O)O)N1C(=O)CC2(CCCC2)C1=O. The van der Waals surface area contributed by atoms with Gasteiger partial charge in [-0.15, -0.1) is 0 Å². The highest BCUT2D eigenvalue weighted by Crippen LogP contribution is 2.48. The number of carbonyl (C=O) groups is 3. The molecule has 1 N–H and O–H groups in total. The molecule has 0 aromatic heterocycles. The van der Waals surface area contributed by atoms with Crippen molar-refractivity contribution < 1.29 is 19.5 Å². The number of imide groups is 1. The summed E-state index contributed by atoms with van der Waals surface area (Å²) in [6.07, 6.45) is 4.13. The second-order valence-corrected chi connectivity index (χ2v) is 7.75. The quantitative estimate of drug-likeness (QED) is 0.809. The lowest BCUT2D eigenvalue weighted by Crippen LogP contribution is -2.45. The maximum absolute atomic E-state index is 12.8. The van der Waals surface area contributed by atoms with Gasteiger partial charge in [-0.1, -0.05) is 33.6 Å². The molecule has 2 rings (SSSR count). The van der Waals surface area contributed by atoms with Gasteiger partial charge >= 0.3 is 5.97 Å². The molecule has 2 aliphatic rings. The number of rotatable bonds is 4. The van der Waals surface area contributed by atoms with Gasteiger partial charge in [0.1, 0.15) is 0 Å². The molecule has 0 radical (unpaired) electrons. The predicted molar refractivity (Wildman–Crippen MR) is 77.5 cm³/mol. The van der Waals surface area contributed by atoms with E-state index in [9.17, 15) is 14.4 Å². The van der Waals surface area contributed by atoms with Gasteiger partial charge in [0.2, 0.25) is 11.8 Å². The van der Waals surface area contributed by atoms with Crippen LogP contribution in [-0.4, -0.2) is 33.8 Å². The van der Waals surface area contributed by atoms with Crippen molar-refractivity contribution in [3.63, 3.8) is 0 Å². The number of hydrogen-bond donors (Lipinski definition) is 1. The molecule has 2 fully saturated rings. The van der Waals surface area contributed by atoms with Gasteiger partial charge in [0.25, 0.3) is 0 Å². The molecular weight excluding hydrogens is 270 g/mol. The number of carbonyl (C=O) groups excluding carboxylic acids is 2. The molecule has 1 unspecified atom stereocenters. The highest BCUT2D eigenvalue weighted by atomic mass is 16.4. The largest absolute Gasteiger partial charge is 0.481 e. The summed E-state index contributed by atoms with van der Waals surface area (Å²) in [7, 11) is 0. The first-order valence-electron chi connectivity index (χ1n) is 7.73. The Balaban J connectivity index is 2.24. The monoisotopic (exact) mass is 295 g/mol. The van der Waals surface area contributed by atoms with Gasteiger partial charge in [-0.2, -0.15) is 0 Å². The van der Waals surface area contributed by atoms with Crippen LogP contribution in [0.3, 0.4) is 0 Å². The van der Waals surface area contributed by atoms with Gasteiger partial charge < -0.3 is 5.11 Å². The predicted octanol–water partition coefficient (Wildman–Crippen LogP) is 2.59. The summed E-state index contributed by atoms with van der Waals surface area (Å²) in [6.45, 7) is 5.99. The van der Waals surface area contributed by atoms with Crippen LogP contribution in [0.15, 0.2) is 0 Å². The Labute approximate surface area is 125 Å². The fraction of sp³-hybridized carbons (Fsp3) is 0.812. The Bertz CT molecular complexity index is 457. The third-order valence-electron chi connectivity index (χ3n) is 4.61. The first-order chi connectivity index (χ1) is 9.65. The summed E-state index contributed by atoms with van der Waals surface area (Å²) in [4.78, 5) is 37.5. The van der Waals surface area contributed by atoms with E-state index in [0.29, 0.717) is 6.42 Å². The summed E-state index contributed by atoms with van der Waals surface area (Å²) >= 11 is 0. The van der Waals surface area contributed by atoms with E-state index in [-0.39, 0.29) is 30.1 Å². The standard InChI is InChI=1S/C16H25NO4/c1-15(2,3)9-11(8-13(19)20)17-12(18)10-16(14(17)21)6-4-5-7-16/h11H,4-10H2,1-3H3,(H,19,20). The Hall–Kier alpha value is -1.39. The van der Waals surface area contributed by atoms with Crippen molar-refractivity contribution in [3.05, 3.63) is 0 Å². The maximum Gasteiger partial charge on any atom is 0.305 e. The van der Waals surface area contributed by atoms with Crippen molar-refractivity contribution in [2.75, 3.05) is 0 Å². The summed E-state index contributed by atoms with van der Waals surface area (Å²) in [5, 5.41) is 9.12. The van der Waals surface area contributed by atoms with Gasteiger partial charge in [0.05, 0.1) is 17.9 Å². The van der Waals surface area contributed by atoms with Crippen molar-refractivity contribution >= 4 is 17.8 Å². The van der Waals surface area contributed by atoms with Crippen LogP contribution in [0.5, 0.6) is 0 Å². The zero-order chi connectivity index (χ0) is 15.8. The summed E-state index contributed by atoms with van der Waals surface area (Å²) < 4.78 is 0. The van der Waals surface area contributed by atoms with Gasteiger partial charge in [-0.05, 0) is 24.7 Å². The van der Waals surface area contributed by atoms with E-state index >= 15 is 0 Å². The lowest BCUT2D eigenvalue weighted by atomic mass is 9.84. The molecule has 0 bridgehead atoms. The van der Waals surface area contributed by atoms with E-state index in [4.69, 9.17) is 5.11 Å². The van der Waals surface area contributed by atoms with Gasteiger partial charge in [0, 0.05) is 6.42 Å². The molecule has 1 aliphatic carbocycles. The zero-order valence-electron chi connectivity index (χ0n) is 13.1. The molecule has 1 atom stereocenters. The second-order valence-electron chi connectivity index (χ2n) is 7.75. The van der Waals surface area contributed by atoms with Crippen LogP contribution in [0.4, 0.5) is 0 Å². The van der Waals surface area contributed by atoms with Gasteiger partial charge in [-0.25, -0.2) is 0 Å². The molecule has 0 aromatic carbocycles. The fourth-order valence-electron chi connectivity index (χ4n) is 3.79. The minimum Gasteiger partial charge on any atom is -0.481 e. The van der Waals surface area contributed by atoms with E-state index in [1.54, 1.807) is 0 Å². The van der Waals surface area contributed by atoms with Crippen molar-refractivity contribution in [2.45, 2.75) is 71.8 Å². The number of nitrogens with zero attached hydrogens (tertiary/aromatic N) is 1. The van der Waals surface area contributed by atoms with Crippen LogP contribution >= 0.6 is 0 Å². The van der Waals surface area contributed by atoms with E-state index in [2.05, 4.69) is 0 Å². The Morgan fingerprint density at radius 2 is 1.86 bits per heavy atom. The number of carboxylic acids is 1. The number of aliphatic carboxylic acids is 1. The number of amides is 2. The normalized spacial score (nSPS) is 23.1. The molecule has 1 saturated heterocycles. The van der Waals surface area contributed by atoms with Crippen LogP contribution in [0.2, 0.25) is 0 Å². The fourth-order valence-corrected chi connectivity index (χ4v) is 3.79. The molecule has 1 spiro atoms. The van der Waals surface area contributed by atoms with Crippen molar-refractivity contribution in [3.8, 4) is 0 Å². The molecule has 21 heavy (non-hydrogen) atoms. The summed E-state index contributed by atoms with van der Waals surface area (Å²) in [6, 6.07) is -0.525. The minimum atomic E-state index is -0.961. The van der Waals surface area contributed by atoms with Crippen LogP contribution in [-0.2, 0) is 14.4 Å². The first kappa shape index (κ1) is 16.0. The van der Waals surface area contributed by atoms with Crippen LogP contribution in [0, 0.1) is 10.8 Å².